The van der Waals surface area contributed by atoms with Gasteiger partial charge in [-0.1, -0.05) is 42.5 Å². The van der Waals surface area contributed by atoms with Crippen LogP contribution < -0.4 is 16.2 Å². The summed E-state index contributed by atoms with van der Waals surface area (Å²) in [7, 11) is 3.49. The molecule has 4 aromatic rings. The summed E-state index contributed by atoms with van der Waals surface area (Å²) in [6, 6.07) is 20.0. The van der Waals surface area contributed by atoms with Gasteiger partial charge in [0.05, 0.1) is 17.0 Å². The molecule has 0 bridgehead atoms. The Hall–Kier alpha value is -3.98. The van der Waals surface area contributed by atoms with Crippen LogP contribution in [-0.2, 0) is 14.1 Å². The lowest BCUT2D eigenvalue weighted by atomic mass is 9.82. The highest BCUT2D eigenvalue weighted by atomic mass is 16.5. The predicted molar refractivity (Wildman–Crippen MR) is 111 cm³/mol. The number of rotatable bonds is 1. The summed E-state index contributed by atoms with van der Waals surface area (Å²) < 4.78 is 9.13. The standard InChI is InChI=1S/C23H18N4O2/c1-26-18-10-8-14(11-19(18)27(2)23(26)28)20-16-9-7-13-5-3-4-6-15(13)21(16)29-22(25)17(20)12-24/h3-11,20H,25H2,1-2H3. The van der Waals surface area contributed by atoms with Crippen molar-refractivity contribution in [3.8, 4) is 11.8 Å². The number of ether oxygens (including phenoxy) is 1. The van der Waals surface area contributed by atoms with Gasteiger partial charge in [0.1, 0.15) is 17.4 Å². The molecule has 29 heavy (non-hydrogen) atoms. The molecular formula is C23H18N4O2. The molecule has 2 N–H and O–H groups in total. The first-order valence-corrected chi connectivity index (χ1v) is 9.26. The van der Waals surface area contributed by atoms with E-state index in [0.717, 1.165) is 32.9 Å². The molecule has 0 fully saturated rings. The SMILES string of the molecule is Cn1c(=O)n(C)c2cc(C3C(C#N)=C(N)Oc4c3ccc3ccccc43)ccc21. The fraction of sp³-hybridized carbons (Fsp3) is 0.130. The molecule has 1 aromatic heterocycles. The van der Waals surface area contributed by atoms with Gasteiger partial charge in [-0.3, -0.25) is 9.13 Å². The number of hydrogen-bond donors (Lipinski definition) is 1. The summed E-state index contributed by atoms with van der Waals surface area (Å²) >= 11 is 0. The van der Waals surface area contributed by atoms with Gasteiger partial charge in [-0.2, -0.15) is 5.26 Å². The number of nitrogens with zero attached hydrogens (tertiary/aromatic N) is 3. The second-order valence-electron chi connectivity index (χ2n) is 7.28. The van der Waals surface area contributed by atoms with Crippen molar-refractivity contribution >= 4 is 21.8 Å². The largest absolute Gasteiger partial charge is 0.440 e. The Morgan fingerprint density at radius 1 is 1.03 bits per heavy atom. The first kappa shape index (κ1) is 17.1. The second-order valence-corrected chi connectivity index (χ2v) is 7.28. The maximum Gasteiger partial charge on any atom is 0.328 e. The second kappa shape index (κ2) is 6.01. The van der Waals surface area contributed by atoms with Crippen molar-refractivity contribution in [1.82, 2.24) is 9.13 Å². The van der Waals surface area contributed by atoms with Crippen LogP contribution in [0.3, 0.4) is 0 Å². The molecule has 1 unspecified atom stereocenters. The Morgan fingerprint density at radius 3 is 2.59 bits per heavy atom. The molecule has 5 rings (SSSR count). The zero-order valence-electron chi connectivity index (χ0n) is 16.0. The van der Waals surface area contributed by atoms with Crippen molar-refractivity contribution in [2.24, 2.45) is 19.8 Å². The van der Waals surface area contributed by atoms with Gasteiger partial charge in [-0.25, -0.2) is 4.79 Å². The van der Waals surface area contributed by atoms with E-state index in [1.54, 1.807) is 23.2 Å². The molecule has 1 aliphatic rings. The molecule has 0 saturated heterocycles. The lowest BCUT2D eigenvalue weighted by Crippen LogP contribution is -2.21. The first-order chi connectivity index (χ1) is 14.0. The van der Waals surface area contributed by atoms with Crippen LogP contribution in [0, 0.1) is 11.3 Å². The van der Waals surface area contributed by atoms with Crippen LogP contribution >= 0.6 is 0 Å². The summed E-state index contributed by atoms with van der Waals surface area (Å²) in [6.07, 6.45) is 0. The van der Waals surface area contributed by atoms with E-state index in [0.29, 0.717) is 11.3 Å². The van der Waals surface area contributed by atoms with Crippen molar-refractivity contribution in [1.29, 1.82) is 5.26 Å². The highest BCUT2D eigenvalue weighted by Crippen LogP contribution is 2.45. The van der Waals surface area contributed by atoms with Crippen LogP contribution in [0.15, 0.2) is 70.8 Å². The minimum absolute atomic E-state index is 0.0916. The average Bonchev–Trinajstić information content (AvgIpc) is 2.96. The van der Waals surface area contributed by atoms with Crippen molar-refractivity contribution in [2.75, 3.05) is 0 Å². The topological polar surface area (TPSA) is 86.0 Å². The maximum atomic E-state index is 12.3. The quantitative estimate of drug-likeness (QED) is 0.548. The molecular weight excluding hydrogens is 364 g/mol. The van der Waals surface area contributed by atoms with Crippen molar-refractivity contribution < 1.29 is 4.74 Å². The fourth-order valence-corrected chi connectivity index (χ4v) is 4.23. The third kappa shape index (κ3) is 2.31. The van der Waals surface area contributed by atoms with Gasteiger partial charge in [0.2, 0.25) is 5.88 Å². The highest BCUT2D eigenvalue weighted by molar-refractivity contribution is 5.91. The summed E-state index contributed by atoms with van der Waals surface area (Å²) in [4.78, 5) is 12.3. The molecule has 0 saturated carbocycles. The van der Waals surface area contributed by atoms with E-state index < -0.39 is 0 Å². The fourth-order valence-electron chi connectivity index (χ4n) is 4.23. The number of allylic oxidation sites excluding steroid dienone is 1. The van der Waals surface area contributed by atoms with Crippen LogP contribution in [0.5, 0.6) is 5.75 Å². The minimum Gasteiger partial charge on any atom is -0.440 e. The Morgan fingerprint density at radius 2 is 1.79 bits per heavy atom. The lowest BCUT2D eigenvalue weighted by molar-refractivity contribution is 0.398. The molecule has 1 aliphatic heterocycles. The maximum absolute atomic E-state index is 12.3. The number of nitriles is 1. The Labute approximate surface area is 166 Å². The summed E-state index contributed by atoms with van der Waals surface area (Å²) in [5, 5.41) is 11.8. The zero-order chi connectivity index (χ0) is 20.3. The highest BCUT2D eigenvalue weighted by Gasteiger charge is 2.32. The Balaban J connectivity index is 1.81. The molecule has 2 heterocycles. The van der Waals surface area contributed by atoms with Gasteiger partial charge in [0, 0.05) is 25.0 Å². The molecule has 0 aliphatic carbocycles. The van der Waals surface area contributed by atoms with E-state index in [-0.39, 0.29) is 17.5 Å². The minimum atomic E-state index is -0.368. The predicted octanol–water partition coefficient (Wildman–Crippen LogP) is 3.25. The third-order valence-corrected chi connectivity index (χ3v) is 5.74. The Kier molecular flexibility index (Phi) is 3.55. The average molecular weight is 382 g/mol. The summed E-state index contributed by atoms with van der Waals surface area (Å²) in [5.41, 5.74) is 9.86. The smallest absolute Gasteiger partial charge is 0.328 e. The number of benzene rings is 3. The van der Waals surface area contributed by atoms with Gasteiger partial charge in [0.15, 0.2) is 0 Å². The molecule has 142 valence electrons. The molecule has 0 radical (unpaired) electrons. The first-order valence-electron chi connectivity index (χ1n) is 9.26. The van der Waals surface area contributed by atoms with Gasteiger partial charge in [-0.05, 0) is 23.1 Å². The molecule has 3 aromatic carbocycles. The van der Waals surface area contributed by atoms with Crippen molar-refractivity contribution in [3.63, 3.8) is 0 Å². The van der Waals surface area contributed by atoms with E-state index in [4.69, 9.17) is 10.5 Å². The summed E-state index contributed by atoms with van der Waals surface area (Å²) in [6.45, 7) is 0. The number of aryl methyl sites for hydroxylation is 2. The van der Waals surface area contributed by atoms with Crippen LogP contribution in [-0.4, -0.2) is 9.13 Å². The van der Waals surface area contributed by atoms with Crippen LogP contribution in [0.25, 0.3) is 21.8 Å². The van der Waals surface area contributed by atoms with E-state index >= 15 is 0 Å². The van der Waals surface area contributed by atoms with Crippen molar-refractivity contribution in [2.45, 2.75) is 5.92 Å². The van der Waals surface area contributed by atoms with E-state index in [1.165, 1.54) is 0 Å². The van der Waals surface area contributed by atoms with Gasteiger partial charge in [0.25, 0.3) is 0 Å². The number of fused-ring (bicyclic) bond motifs is 4. The number of aromatic nitrogens is 2. The van der Waals surface area contributed by atoms with Crippen LogP contribution in [0.2, 0.25) is 0 Å². The Bertz CT molecular complexity index is 1450. The lowest BCUT2D eigenvalue weighted by Gasteiger charge is -2.27. The van der Waals surface area contributed by atoms with E-state index in [2.05, 4.69) is 6.07 Å². The molecule has 6 heteroatoms. The van der Waals surface area contributed by atoms with Crippen LogP contribution in [0.1, 0.15) is 17.0 Å². The molecule has 6 nitrogen and oxygen atoms in total. The molecule has 0 spiro atoms. The zero-order valence-corrected chi connectivity index (χ0v) is 16.0. The van der Waals surface area contributed by atoms with E-state index in [1.807, 2.05) is 54.6 Å². The number of hydrogen-bond acceptors (Lipinski definition) is 4. The van der Waals surface area contributed by atoms with Gasteiger partial charge < -0.3 is 10.5 Å². The summed E-state index contributed by atoms with van der Waals surface area (Å²) in [5.74, 6) is 0.420. The number of imidazole rings is 1. The monoisotopic (exact) mass is 382 g/mol. The third-order valence-electron chi connectivity index (χ3n) is 5.74. The van der Waals surface area contributed by atoms with Gasteiger partial charge in [-0.15, -0.1) is 0 Å². The molecule has 1 atom stereocenters. The van der Waals surface area contributed by atoms with Crippen LogP contribution in [0.4, 0.5) is 0 Å². The molecule has 0 amide bonds. The normalized spacial score (nSPS) is 16.0. The van der Waals surface area contributed by atoms with Gasteiger partial charge >= 0.3 is 5.69 Å². The number of nitrogens with two attached hydrogens (primary N) is 1. The van der Waals surface area contributed by atoms with Crippen molar-refractivity contribution in [3.05, 3.63) is 87.7 Å². The van der Waals surface area contributed by atoms with E-state index in [9.17, 15) is 10.1 Å².